The third kappa shape index (κ3) is 6.24. The predicted molar refractivity (Wildman–Crippen MR) is 115 cm³/mol. The molecular formula is C24H26O6. The Morgan fingerprint density at radius 3 is 1.47 bits per heavy atom. The molecule has 0 saturated heterocycles. The van der Waals surface area contributed by atoms with Gasteiger partial charge in [-0.05, 0) is 61.4 Å². The van der Waals surface area contributed by atoms with Gasteiger partial charge in [0, 0.05) is 0 Å². The smallest absolute Gasteiger partial charge is 0.338 e. The molecule has 0 saturated carbocycles. The van der Waals surface area contributed by atoms with Crippen molar-refractivity contribution in [1.29, 1.82) is 0 Å². The summed E-state index contributed by atoms with van der Waals surface area (Å²) in [7, 11) is 0. The number of hydrogen-bond donors (Lipinski definition) is 0. The molecule has 2 aromatic carbocycles. The molecular weight excluding hydrogens is 384 g/mol. The van der Waals surface area contributed by atoms with Crippen molar-refractivity contribution in [3.8, 4) is 22.6 Å². The van der Waals surface area contributed by atoms with E-state index in [0.29, 0.717) is 33.8 Å². The van der Waals surface area contributed by atoms with E-state index < -0.39 is 11.9 Å². The highest BCUT2D eigenvalue weighted by molar-refractivity contribution is 5.94. The fraction of sp³-hybridized carbons (Fsp3) is 0.250. The van der Waals surface area contributed by atoms with Crippen molar-refractivity contribution in [2.75, 3.05) is 26.4 Å². The van der Waals surface area contributed by atoms with E-state index in [4.69, 9.17) is 18.9 Å². The highest BCUT2D eigenvalue weighted by Crippen LogP contribution is 2.31. The molecule has 0 radical (unpaired) electrons. The first-order valence-electron chi connectivity index (χ1n) is 9.64. The lowest BCUT2D eigenvalue weighted by atomic mass is 10.00. The summed E-state index contributed by atoms with van der Waals surface area (Å²) in [5.41, 5.74) is 2.00. The Morgan fingerprint density at radius 2 is 1.13 bits per heavy atom. The minimum absolute atomic E-state index is 0.254. The third-order valence-corrected chi connectivity index (χ3v) is 3.90. The van der Waals surface area contributed by atoms with Crippen LogP contribution in [-0.4, -0.2) is 38.4 Å². The van der Waals surface area contributed by atoms with Gasteiger partial charge < -0.3 is 18.9 Å². The van der Waals surface area contributed by atoms with Crippen LogP contribution in [0.2, 0.25) is 0 Å². The van der Waals surface area contributed by atoms with Crippen LogP contribution in [0.4, 0.5) is 0 Å². The summed E-state index contributed by atoms with van der Waals surface area (Å²) in [5.74, 6) is 0.0241. The molecule has 0 unspecified atom stereocenters. The summed E-state index contributed by atoms with van der Waals surface area (Å²) in [6, 6.07) is 10.1. The summed E-state index contributed by atoms with van der Waals surface area (Å²) >= 11 is 0. The number of carbonyl (C=O) groups excluding carboxylic acids is 2. The predicted octanol–water partition coefficient (Wildman–Crippen LogP) is 4.84. The number of rotatable bonds is 11. The number of ether oxygens (including phenoxy) is 4. The van der Waals surface area contributed by atoms with Crippen LogP contribution in [-0.2, 0) is 9.47 Å². The van der Waals surface area contributed by atoms with Gasteiger partial charge in [-0.25, -0.2) is 9.59 Å². The Kier molecular flexibility index (Phi) is 8.69. The average Bonchev–Trinajstić information content (AvgIpc) is 2.76. The van der Waals surface area contributed by atoms with E-state index in [2.05, 4.69) is 13.2 Å². The van der Waals surface area contributed by atoms with Crippen molar-refractivity contribution in [3.05, 3.63) is 72.8 Å². The van der Waals surface area contributed by atoms with Crippen molar-refractivity contribution in [3.63, 3.8) is 0 Å². The fourth-order valence-electron chi connectivity index (χ4n) is 2.67. The first kappa shape index (κ1) is 22.7. The number of carbonyl (C=O) groups is 2. The second-order valence-electron chi connectivity index (χ2n) is 6.13. The monoisotopic (exact) mass is 410 g/mol. The van der Waals surface area contributed by atoms with E-state index in [1.54, 1.807) is 62.4 Å². The van der Waals surface area contributed by atoms with E-state index in [0.717, 1.165) is 0 Å². The van der Waals surface area contributed by atoms with Gasteiger partial charge in [0.1, 0.15) is 24.7 Å². The van der Waals surface area contributed by atoms with Crippen LogP contribution >= 0.6 is 0 Å². The molecule has 0 aliphatic rings. The van der Waals surface area contributed by atoms with E-state index >= 15 is 0 Å². The van der Waals surface area contributed by atoms with Gasteiger partial charge >= 0.3 is 11.9 Å². The molecule has 2 rings (SSSR count). The molecule has 0 heterocycles. The van der Waals surface area contributed by atoms with E-state index in [1.165, 1.54) is 0 Å². The van der Waals surface area contributed by atoms with E-state index in [9.17, 15) is 9.59 Å². The molecule has 30 heavy (non-hydrogen) atoms. The second-order valence-corrected chi connectivity index (χ2v) is 6.13. The SMILES string of the molecule is C=CCOc1cc(C(=O)OCC)cc(-c2cc(OCC=C)cc(C(=O)OCC)c2)c1. The summed E-state index contributed by atoms with van der Waals surface area (Å²) in [4.78, 5) is 24.6. The topological polar surface area (TPSA) is 71.1 Å². The summed E-state index contributed by atoms with van der Waals surface area (Å²) < 4.78 is 21.5. The Morgan fingerprint density at radius 1 is 0.733 bits per heavy atom. The first-order chi connectivity index (χ1) is 14.5. The number of hydrogen-bond acceptors (Lipinski definition) is 6. The fourth-order valence-corrected chi connectivity index (χ4v) is 2.67. The summed E-state index contributed by atoms with van der Waals surface area (Å²) in [6.45, 7) is 11.8. The van der Waals surface area contributed by atoms with Crippen LogP contribution in [0.1, 0.15) is 34.6 Å². The molecule has 0 aliphatic heterocycles. The zero-order valence-corrected chi connectivity index (χ0v) is 17.3. The molecule has 158 valence electrons. The average molecular weight is 410 g/mol. The van der Waals surface area contributed by atoms with Crippen molar-refractivity contribution in [1.82, 2.24) is 0 Å². The molecule has 0 fully saturated rings. The van der Waals surface area contributed by atoms with Gasteiger partial charge in [0.25, 0.3) is 0 Å². The van der Waals surface area contributed by atoms with Gasteiger partial charge in [0.05, 0.1) is 24.3 Å². The van der Waals surface area contributed by atoms with Crippen molar-refractivity contribution >= 4 is 11.9 Å². The molecule has 0 bridgehead atoms. The number of esters is 2. The molecule has 0 spiro atoms. The Balaban J connectivity index is 2.57. The van der Waals surface area contributed by atoms with Crippen molar-refractivity contribution < 1.29 is 28.5 Å². The van der Waals surface area contributed by atoms with Crippen LogP contribution in [0, 0.1) is 0 Å². The molecule has 0 atom stereocenters. The molecule has 6 nitrogen and oxygen atoms in total. The lowest BCUT2D eigenvalue weighted by molar-refractivity contribution is 0.0516. The molecule has 0 N–H and O–H groups in total. The molecule has 6 heteroatoms. The zero-order valence-electron chi connectivity index (χ0n) is 17.3. The van der Waals surface area contributed by atoms with Crippen LogP contribution in [0.5, 0.6) is 11.5 Å². The van der Waals surface area contributed by atoms with Crippen LogP contribution in [0.25, 0.3) is 11.1 Å². The van der Waals surface area contributed by atoms with Crippen LogP contribution < -0.4 is 9.47 Å². The molecule has 0 aromatic heterocycles. The largest absolute Gasteiger partial charge is 0.490 e. The molecule has 2 aromatic rings. The van der Waals surface area contributed by atoms with E-state index in [1.807, 2.05) is 0 Å². The normalized spacial score (nSPS) is 10.1. The van der Waals surface area contributed by atoms with Crippen LogP contribution in [0.15, 0.2) is 61.7 Å². The third-order valence-electron chi connectivity index (χ3n) is 3.90. The van der Waals surface area contributed by atoms with Gasteiger partial charge in [-0.1, -0.05) is 25.3 Å². The Bertz CT molecular complexity index is 840. The molecule has 0 aliphatic carbocycles. The maximum absolute atomic E-state index is 12.3. The lowest BCUT2D eigenvalue weighted by Gasteiger charge is -2.13. The van der Waals surface area contributed by atoms with Gasteiger partial charge in [-0.2, -0.15) is 0 Å². The van der Waals surface area contributed by atoms with E-state index in [-0.39, 0.29) is 26.4 Å². The van der Waals surface area contributed by atoms with Gasteiger partial charge in [-0.3, -0.25) is 0 Å². The lowest BCUT2D eigenvalue weighted by Crippen LogP contribution is -2.07. The van der Waals surface area contributed by atoms with Crippen molar-refractivity contribution in [2.24, 2.45) is 0 Å². The molecule has 0 amide bonds. The highest BCUT2D eigenvalue weighted by Gasteiger charge is 2.15. The zero-order chi connectivity index (χ0) is 21.9. The van der Waals surface area contributed by atoms with Gasteiger partial charge in [0.15, 0.2) is 0 Å². The summed E-state index contributed by atoms with van der Waals surface area (Å²) in [6.07, 6.45) is 3.22. The Hall–Kier alpha value is -3.54. The van der Waals surface area contributed by atoms with Gasteiger partial charge in [-0.15, -0.1) is 0 Å². The minimum atomic E-state index is -0.465. The maximum atomic E-state index is 12.3. The minimum Gasteiger partial charge on any atom is -0.490 e. The quantitative estimate of drug-likeness (QED) is 0.390. The maximum Gasteiger partial charge on any atom is 0.338 e. The summed E-state index contributed by atoms with van der Waals surface area (Å²) in [5, 5.41) is 0. The van der Waals surface area contributed by atoms with Crippen LogP contribution in [0.3, 0.4) is 0 Å². The Labute approximate surface area is 176 Å². The number of benzene rings is 2. The van der Waals surface area contributed by atoms with Gasteiger partial charge in [0.2, 0.25) is 0 Å². The first-order valence-corrected chi connectivity index (χ1v) is 9.64. The second kappa shape index (κ2) is 11.5. The standard InChI is InChI=1S/C24H26O6/c1-5-9-29-21-13-17(11-19(15-21)23(25)27-7-3)18-12-20(24(26)28-8-4)16-22(14-18)30-10-6-2/h5-6,11-16H,1-2,7-10H2,3-4H3. The van der Waals surface area contributed by atoms with Crippen molar-refractivity contribution in [2.45, 2.75) is 13.8 Å². The highest BCUT2D eigenvalue weighted by atomic mass is 16.5.